The number of fused-ring (bicyclic) bond motifs is 1. The molecule has 4 aromatic rings. The Bertz CT molecular complexity index is 1340. The summed E-state index contributed by atoms with van der Waals surface area (Å²) in [5, 5.41) is 18.0. The molecule has 2 aromatic heterocycles. The van der Waals surface area contributed by atoms with Crippen molar-refractivity contribution in [2.45, 2.75) is 12.6 Å². The number of halogens is 1. The number of rotatable bonds is 6. The Morgan fingerprint density at radius 1 is 1.18 bits per heavy atom. The number of hydrogen-bond donors (Lipinski definition) is 2. The maximum Gasteiger partial charge on any atom is 0.255 e. The number of benzene rings is 2. The van der Waals surface area contributed by atoms with E-state index in [0.717, 1.165) is 16.7 Å². The number of nitrogens with one attached hydrogen (secondary N) is 1. The van der Waals surface area contributed by atoms with Crippen molar-refractivity contribution >= 4 is 29.3 Å². The summed E-state index contributed by atoms with van der Waals surface area (Å²) in [6.45, 7) is 0.226. The molecule has 2 aromatic carbocycles. The van der Waals surface area contributed by atoms with Crippen molar-refractivity contribution in [3.05, 3.63) is 88.7 Å². The van der Waals surface area contributed by atoms with Gasteiger partial charge in [-0.05, 0) is 35.4 Å². The number of anilines is 2. The molecule has 0 radical (unpaired) electrons. The van der Waals surface area contributed by atoms with Gasteiger partial charge in [0.1, 0.15) is 0 Å². The number of aliphatic hydroxyl groups excluding tert-OH is 1. The zero-order valence-electron chi connectivity index (χ0n) is 17.8. The summed E-state index contributed by atoms with van der Waals surface area (Å²) in [5.41, 5.74) is 3.80. The molecule has 3 heterocycles. The van der Waals surface area contributed by atoms with Crippen LogP contribution in [0.15, 0.2) is 67.0 Å². The van der Waals surface area contributed by atoms with E-state index in [9.17, 15) is 9.90 Å². The molecule has 0 saturated carbocycles. The fourth-order valence-corrected chi connectivity index (χ4v) is 4.21. The van der Waals surface area contributed by atoms with Crippen LogP contribution >= 0.6 is 11.6 Å². The lowest BCUT2D eigenvalue weighted by molar-refractivity contribution is 0.0615. The van der Waals surface area contributed by atoms with Crippen molar-refractivity contribution in [3.8, 4) is 11.3 Å². The van der Waals surface area contributed by atoms with Gasteiger partial charge in [0, 0.05) is 48.2 Å². The van der Waals surface area contributed by atoms with E-state index < -0.39 is 6.04 Å². The first-order valence-corrected chi connectivity index (χ1v) is 10.8. The average molecular weight is 461 g/mol. The van der Waals surface area contributed by atoms with E-state index in [4.69, 9.17) is 11.6 Å². The first-order valence-electron chi connectivity index (χ1n) is 10.4. The third-order valence-electron chi connectivity index (χ3n) is 5.63. The third-order valence-corrected chi connectivity index (χ3v) is 5.86. The predicted molar refractivity (Wildman–Crippen MR) is 125 cm³/mol. The van der Waals surface area contributed by atoms with Crippen molar-refractivity contribution in [1.29, 1.82) is 0 Å². The summed E-state index contributed by atoms with van der Waals surface area (Å²) in [5.74, 6) is 0.929. The molecule has 9 heteroatoms. The molecule has 1 unspecified atom stereocenters. The molecular formula is C24H21ClN6O2. The van der Waals surface area contributed by atoms with Crippen LogP contribution in [-0.4, -0.2) is 42.3 Å². The molecule has 2 N–H and O–H groups in total. The summed E-state index contributed by atoms with van der Waals surface area (Å²) < 4.78 is 1.69. The quantitative estimate of drug-likeness (QED) is 0.452. The second-order valence-corrected chi connectivity index (χ2v) is 8.26. The highest BCUT2D eigenvalue weighted by molar-refractivity contribution is 6.30. The van der Waals surface area contributed by atoms with E-state index in [1.54, 1.807) is 34.0 Å². The number of carbonyl (C=O) groups excluding carboxylic acids is 1. The van der Waals surface area contributed by atoms with E-state index in [0.29, 0.717) is 34.6 Å². The molecule has 1 amide bonds. The number of amides is 1. The van der Waals surface area contributed by atoms with Crippen molar-refractivity contribution in [3.63, 3.8) is 0 Å². The minimum Gasteiger partial charge on any atom is -0.394 e. The maximum absolute atomic E-state index is 13.3. The summed E-state index contributed by atoms with van der Waals surface area (Å²) in [6.07, 6.45) is 3.49. The zero-order valence-corrected chi connectivity index (χ0v) is 18.6. The number of aromatic nitrogens is 4. The number of carbonyl (C=O) groups is 1. The number of hydrogen-bond acceptors (Lipinski definition) is 6. The number of nitrogens with zero attached hydrogens (tertiary/aromatic N) is 5. The number of aryl methyl sites for hydroxylation is 1. The summed E-state index contributed by atoms with van der Waals surface area (Å²) in [6, 6.07) is 16.1. The lowest BCUT2D eigenvalue weighted by Gasteiger charge is -2.26. The second kappa shape index (κ2) is 8.65. The predicted octanol–water partition coefficient (Wildman–Crippen LogP) is 3.96. The molecule has 5 rings (SSSR count). The molecule has 1 aliphatic rings. The standard InChI is InChI=1S/C24H21ClN6O2/c1-30-10-8-22(29-30)28-24-26-9-7-20(27-24)15-5-6-17-13-31(23(33)19(17)12-15)21(14-32)16-3-2-4-18(25)11-16/h2-12,21,32H,13-14H2,1H3,(H,26,27,28,29). The zero-order chi connectivity index (χ0) is 22.9. The van der Waals surface area contributed by atoms with Gasteiger partial charge in [0.25, 0.3) is 5.91 Å². The van der Waals surface area contributed by atoms with Crippen LogP contribution in [-0.2, 0) is 13.6 Å². The highest BCUT2D eigenvalue weighted by Gasteiger charge is 2.33. The van der Waals surface area contributed by atoms with Crippen LogP contribution in [0.5, 0.6) is 0 Å². The molecule has 0 saturated heterocycles. The Labute approximate surface area is 195 Å². The summed E-state index contributed by atoms with van der Waals surface area (Å²) >= 11 is 6.12. The van der Waals surface area contributed by atoms with Gasteiger partial charge in [-0.1, -0.05) is 35.9 Å². The molecule has 1 atom stereocenters. The number of aliphatic hydroxyl groups is 1. The van der Waals surface area contributed by atoms with Crippen LogP contribution in [0.3, 0.4) is 0 Å². The molecule has 0 spiro atoms. The molecule has 0 bridgehead atoms. The molecule has 0 aliphatic carbocycles. The van der Waals surface area contributed by atoms with Crippen LogP contribution in [0, 0.1) is 0 Å². The van der Waals surface area contributed by atoms with Gasteiger partial charge in [0.15, 0.2) is 5.82 Å². The van der Waals surface area contributed by atoms with Gasteiger partial charge in [0.2, 0.25) is 5.95 Å². The van der Waals surface area contributed by atoms with Gasteiger partial charge < -0.3 is 15.3 Å². The van der Waals surface area contributed by atoms with Gasteiger partial charge in [-0.2, -0.15) is 5.10 Å². The second-order valence-electron chi connectivity index (χ2n) is 7.82. The lowest BCUT2D eigenvalue weighted by atomic mass is 10.0. The molecule has 33 heavy (non-hydrogen) atoms. The van der Waals surface area contributed by atoms with Crippen LogP contribution in [0.1, 0.15) is 27.5 Å². The van der Waals surface area contributed by atoms with Crippen molar-refractivity contribution in [2.75, 3.05) is 11.9 Å². The minimum atomic E-state index is -0.472. The van der Waals surface area contributed by atoms with Crippen molar-refractivity contribution in [2.24, 2.45) is 7.05 Å². The van der Waals surface area contributed by atoms with Crippen LogP contribution in [0.4, 0.5) is 11.8 Å². The smallest absolute Gasteiger partial charge is 0.255 e. The fraction of sp³-hybridized carbons (Fsp3) is 0.167. The topological polar surface area (TPSA) is 96.2 Å². The normalized spacial score (nSPS) is 13.8. The summed E-state index contributed by atoms with van der Waals surface area (Å²) in [4.78, 5) is 23.8. The Balaban J connectivity index is 1.41. The Morgan fingerprint density at radius 2 is 2.06 bits per heavy atom. The van der Waals surface area contributed by atoms with E-state index >= 15 is 0 Å². The van der Waals surface area contributed by atoms with Gasteiger partial charge in [-0.25, -0.2) is 9.97 Å². The van der Waals surface area contributed by atoms with Gasteiger partial charge in [-0.15, -0.1) is 0 Å². The SMILES string of the molecule is Cn1ccc(Nc2nccc(-c3ccc4c(c3)C(=O)N(C(CO)c3cccc(Cl)c3)C4)n2)n1. The maximum atomic E-state index is 13.3. The fourth-order valence-electron chi connectivity index (χ4n) is 4.01. The van der Waals surface area contributed by atoms with Crippen LogP contribution in [0.2, 0.25) is 5.02 Å². The minimum absolute atomic E-state index is 0.133. The van der Waals surface area contributed by atoms with Gasteiger partial charge >= 0.3 is 0 Å². The third kappa shape index (κ3) is 4.18. The Hall–Kier alpha value is -3.75. The molecule has 8 nitrogen and oxygen atoms in total. The van der Waals surface area contributed by atoms with Crippen molar-refractivity contribution in [1.82, 2.24) is 24.6 Å². The summed E-state index contributed by atoms with van der Waals surface area (Å²) in [7, 11) is 1.83. The molecule has 0 fully saturated rings. The van der Waals surface area contributed by atoms with Crippen LogP contribution < -0.4 is 5.32 Å². The Morgan fingerprint density at radius 3 is 2.82 bits per heavy atom. The lowest BCUT2D eigenvalue weighted by Crippen LogP contribution is -2.31. The first kappa shape index (κ1) is 21.1. The van der Waals surface area contributed by atoms with Gasteiger partial charge in [-0.3, -0.25) is 9.48 Å². The molecular weight excluding hydrogens is 440 g/mol. The van der Waals surface area contributed by atoms with E-state index in [1.165, 1.54) is 0 Å². The van der Waals surface area contributed by atoms with E-state index in [2.05, 4.69) is 20.4 Å². The van der Waals surface area contributed by atoms with Crippen molar-refractivity contribution < 1.29 is 9.90 Å². The molecule has 1 aliphatic heterocycles. The first-order chi connectivity index (χ1) is 16.0. The largest absolute Gasteiger partial charge is 0.394 e. The Kier molecular flexibility index (Phi) is 5.53. The molecule has 166 valence electrons. The van der Waals surface area contributed by atoms with Crippen LogP contribution in [0.25, 0.3) is 11.3 Å². The monoisotopic (exact) mass is 460 g/mol. The highest BCUT2D eigenvalue weighted by atomic mass is 35.5. The van der Waals surface area contributed by atoms with Gasteiger partial charge in [0.05, 0.1) is 18.3 Å². The highest BCUT2D eigenvalue weighted by Crippen LogP contribution is 2.34. The van der Waals surface area contributed by atoms with E-state index in [1.807, 2.05) is 49.6 Å². The average Bonchev–Trinajstić information content (AvgIpc) is 3.37. The van der Waals surface area contributed by atoms with E-state index in [-0.39, 0.29) is 12.5 Å².